The van der Waals surface area contributed by atoms with Crippen LogP contribution in [-0.4, -0.2) is 0 Å². The number of rotatable bonds is 0. The Morgan fingerprint density at radius 3 is 0.700 bits per heavy atom. The van der Waals surface area contributed by atoms with Gasteiger partial charge in [0.05, 0.1) is 0 Å². The molecule has 0 saturated carbocycles. The molecule has 0 aromatic carbocycles. The SMILES string of the molecule is O=N[O-].O=N[O-].O=N[O-].[Dy+3]. The van der Waals surface area contributed by atoms with Crippen molar-refractivity contribution < 1.29 is 38.2 Å². The van der Waals surface area contributed by atoms with Crippen molar-refractivity contribution in [3.05, 3.63) is 30.3 Å². The topological polar surface area (TPSA) is 157 Å². The van der Waals surface area contributed by atoms with E-state index in [-0.39, 0.29) is 38.2 Å². The molecule has 1 radical (unpaired) electrons. The van der Waals surface area contributed by atoms with Crippen LogP contribution in [0, 0.1) is 68.5 Å². The molecule has 9 nitrogen and oxygen atoms in total. The average Bonchev–Trinajstić information content (AvgIpc) is 1.70. The Labute approximate surface area is 84.2 Å². The van der Waals surface area contributed by atoms with Gasteiger partial charge in [0, 0.05) is 0 Å². The van der Waals surface area contributed by atoms with E-state index in [9.17, 15) is 0 Å². The predicted molar refractivity (Wildman–Crippen MR) is 27.5 cm³/mol. The second-order valence-electron chi connectivity index (χ2n) is 0.224. The van der Waals surface area contributed by atoms with Crippen LogP contribution in [0.3, 0.4) is 0 Å². The summed E-state index contributed by atoms with van der Waals surface area (Å²) in [6.07, 6.45) is 0. The standard InChI is InChI=1S/Dy.3HNO2/c;3*2-1-3/h;3*(H,2,3)/q+3;;;/p-3. The van der Waals surface area contributed by atoms with Gasteiger partial charge in [-0.25, -0.2) is 0 Å². The molecule has 0 aromatic rings. The van der Waals surface area contributed by atoms with Gasteiger partial charge in [-0.2, -0.15) is 0 Å². The maximum Gasteiger partial charge on any atom is 3.00 e. The molecule has 0 aromatic heterocycles. The smallest absolute Gasteiger partial charge is 0.444 e. The van der Waals surface area contributed by atoms with Gasteiger partial charge in [-0.1, -0.05) is 0 Å². The molecule has 0 unspecified atom stereocenters. The summed E-state index contributed by atoms with van der Waals surface area (Å²) in [6.45, 7) is 0. The fraction of sp³-hybridized carbons (Fsp3) is 0. The monoisotopic (exact) mass is 302 g/mol. The fourth-order valence-electron chi connectivity index (χ4n) is 0. The van der Waals surface area contributed by atoms with Crippen LogP contribution in [0.15, 0.2) is 16.0 Å². The van der Waals surface area contributed by atoms with Crippen LogP contribution in [0.5, 0.6) is 0 Å². The van der Waals surface area contributed by atoms with E-state index in [0.29, 0.717) is 0 Å². The molecule has 0 rings (SSSR count). The van der Waals surface area contributed by atoms with Crippen LogP contribution in [0.1, 0.15) is 0 Å². The van der Waals surface area contributed by atoms with Gasteiger partial charge in [0.2, 0.25) is 0 Å². The molecule has 0 saturated heterocycles. The van der Waals surface area contributed by atoms with E-state index in [1.165, 1.54) is 0 Å². The summed E-state index contributed by atoms with van der Waals surface area (Å²) < 4.78 is 0. The summed E-state index contributed by atoms with van der Waals surface area (Å²) in [5.41, 5.74) is 0. The van der Waals surface area contributed by atoms with E-state index in [1.807, 2.05) is 0 Å². The first-order valence-corrected chi connectivity index (χ1v) is 1.10. The first-order valence-electron chi connectivity index (χ1n) is 1.10. The molecule has 10 heteroatoms. The second-order valence-corrected chi connectivity index (χ2v) is 0.224. The summed E-state index contributed by atoms with van der Waals surface area (Å²) >= 11 is 0. The largest absolute Gasteiger partial charge is 3.00 e. The molecule has 61 valence electrons. The molecule has 0 atom stereocenters. The third kappa shape index (κ3) is 1130. The molecule has 0 fully saturated rings. The van der Waals surface area contributed by atoms with Gasteiger partial charge >= 0.3 is 38.2 Å². The maximum atomic E-state index is 8.00. The van der Waals surface area contributed by atoms with Crippen LogP contribution in [0.25, 0.3) is 0 Å². The van der Waals surface area contributed by atoms with Gasteiger partial charge < -0.3 is 30.3 Å². The van der Waals surface area contributed by atoms with Crippen molar-refractivity contribution in [2.24, 2.45) is 16.0 Å². The molecular weight excluding hydrogens is 301 g/mol. The minimum atomic E-state index is 0. The Balaban J connectivity index is -0.0000000257. The first-order chi connectivity index (χ1) is 4.24. The average molecular weight is 301 g/mol. The number of nitrogens with zero attached hydrogens (tertiary/aromatic N) is 3. The summed E-state index contributed by atoms with van der Waals surface area (Å²) in [7, 11) is 0. The van der Waals surface area contributed by atoms with E-state index < -0.39 is 0 Å². The van der Waals surface area contributed by atoms with Gasteiger partial charge in [-0.05, 0) is 0 Å². The molecule has 0 aliphatic rings. The zero-order valence-electron chi connectivity index (χ0n) is 4.11. The maximum absolute atomic E-state index is 8.00. The minimum absolute atomic E-state index is 0. The fourth-order valence-corrected chi connectivity index (χ4v) is 0. The Morgan fingerprint density at radius 1 is 0.700 bits per heavy atom. The zero-order chi connectivity index (χ0) is 8.12. The van der Waals surface area contributed by atoms with Crippen LogP contribution in [0.4, 0.5) is 0 Å². The summed E-state index contributed by atoms with van der Waals surface area (Å²) in [4.78, 5) is 24.0. The molecule has 0 heterocycles. The van der Waals surface area contributed by atoms with Crippen molar-refractivity contribution in [1.29, 1.82) is 0 Å². The van der Waals surface area contributed by atoms with Gasteiger partial charge in [0.25, 0.3) is 0 Å². The predicted octanol–water partition coefficient (Wildman–Crippen LogP) is 0.752. The van der Waals surface area contributed by atoms with Crippen molar-refractivity contribution in [1.82, 2.24) is 0 Å². The summed E-state index contributed by atoms with van der Waals surface area (Å²) in [5.74, 6) is 0. The quantitative estimate of drug-likeness (QED) is 0.474. The van der Waals surface area contributed by atoms with Crippen molar-refractivity contribution in [3.8, 4) is 0 Å². The van der Waals surface area contributed by atoms with Gasteiger partial charge in [-0.15, -0.1) is 16.0 Å². The Morgan fingerprint density at radius 2 is 0.700 bits per heavy atom. The zero-order valence-corrected chi connectivity index (χ0v) is 6.14. The minimum Gasteiger partial charge on any atom is -0.444 e. The molecule has 0 bridgehead atoms. The van der Waals surface area contributed by atoms with E-state index in [2.05, 4.69) is 0 Å². The van der Waals surface area contributed by atoms with E-state index in [4.69, 9.17) is 30.3 Å². The van der Waals surface area contributed by atoms with Crippen molar-refractivity contribution in [3.63, 3.8) is 0 Å². The third-order valence-electron chi connectivity index (χ3n) is 0. The van der Waals surface area contributed by atoms with E-state index in [1.54, 1.807) is 0 Å². The molecular formula is DyN3O6. The molecule has 10 heavy (non-hydrogen) atoms. The summed E-state index contributed by atoms with van der Waals surface area (Å²) in [5, 5.41) is 27.0. The van der Waals surface area contributed by atoms with Crippen LogP contribution in [0.2, 0.25) is 0 Å². The second kappa shape index (κ2) is 77.4. The van der Waals surface area contributed by atoms with Gasteiger partial charge in [0.15, 0.2) is 0 Å². The molecule has 0 N–H and O–H groups in total. The normalized spacial score (nSPS) is 3.60. The Kier molecular flexibility index (Phi) is 176. The number of hydrogen-bond acceptors (Lipinski definition) is 9. The number of hydrogen-bond donors (Lipinski definition) is 0. The van der Waals surface area contributed by atoms with Crippen LogP contribution in [-0.2, 0) is 0 Å². The van der Waals surface area contributed by atoms with E-state index >= 15 is 0 Å². The Hall–Kier alpha value is -0.527. The van der Waals surface area contributed by atoms with E-state index in [0.717, 1.165) is 16.0 Å². The van der Waals surface area contributed by atoms with Gasteiger partial charge in [-0.3, -0.25) is 0 Å². The molecule has 0 amide bonds. The van der Waals surface area contributed by atoms with Crippen molar-refractivity contribution in [2.75, 3.05) is 0 Å². The van der Waals surface area contributed by atoms with Crippen molar-refractivity contribution in [2.45, 2.75) is 0 Å². The summed E-state index contributed by atoms with van der Waals surface area (Å²) in [6, 6.07) is 0. The molecule has 0 spiro atoms. The van der Waals surface area contributed by atoms with Crippen LogP contribution >= 0.6 is 0 Å². The van der Waals surface area contributed by atoms with Crippen molar-refractivity contribution >= 4 is 0 Å². The first kappa shape index (κ1) is 22.7. The van der Waals surface area contributed by atoms with Gasteiger partial charge in [0.1, 0.15) is 0 Å². The third-order valence-corrected chi connectivity index (χ3v) is 0. The molecule has 0 aliphatic carbocycles. The Bertz CT molecular complexity index is 49.7. The molecule has 0 aliphatic heterocycles. The van der Waals surface area contributed by atoms with Crippen LogP contribution < -0.4 is 0 Å².